The number of carbonyl (C=O) groups excluding carboxylic acids is 1. The van der Waals surface area contributed by atoms with Crippen molar-refractivity contribution < 1.29 is 24.9 Å². The molecule has 0 radical (unpaired) electrons. The van der Waals surface area contributed by atoms with E-state index in [-0.39, 0.29) is 24.0 Å². The molecule has 0 fully saturated rings. The van der Waals surface area contributed by atoms with Crippen molar-refractivity contribution in [2.45, 2.75) is 57.7 Å². The van der Waals surface area contributed by atoms with Crippen molar-refractivity contribution in [3.05, 3.63) is 23.3 Å². The highest BCUT2D eigenvalue weighted by molar-refractivity contribution is 5.74. The van der Waals surface area contributed by atoms with Crippen molar-refractivity contribution in [2.75, 3.05) is 0 Å². The third kappa shape index (κ3) is 4.11. The van der Waals surface area contributed by atoms with E-state index in [1.165, 1.54) is 12.1 Å². The first kappa shape index (κ1) is 15.6. The summed E-state index contributed by atoms with van der Waals surface area (Å²) >= 11 is 0. The maximum atomic E-state index is 11.9. The maximum Gasteiger partial charge on any atom is 0.310 e. The SMILES string of the molecule is C[C@H]1CCCCCC(O)c2c(O)cc(O)cc2CC(=O)O1. The van der Waals surface area contributed by atoms with Gasteiger partial charge in [0.2, 0.25) is 0 Å². The molecule has 0 saturated heterocycles. The number of phenols is 2. The second-order valence-electron chi connectivity index (χ2n) is 5.67. The molecule has 5 heteroatoms. The number of rotatable bonds is 0. The number of ether oxygens (including phenoxy) is 1. The standard InChI is InChI=1S/C16H22O5/c1-10-5-3-2-4-6-13(18)16-11(8-15(20)21-10)7-12(17)9-14(16)19/h7,9-10,13,17-19H,2-6,8H2,1H3/t10-,13?/m0/s1. The summed E-state index contributed by atoms with van der Waals surface area (Å²) < 4.78 is 5.31. The molecule has 1 aromatic carbocycles. The Kier molecular flexibility index (Phi) is 5.07. The van der Waals surface area contributed by atoms with Gasteiger partial charge in [-0.3, -0.25) is 4.79 Å². The fraction of sp³-hybridized carbons (Fsp3) is 0.562. The first-order chi connectivity index (χ1) is 9.97. The van der Waals surface area contributed by atoms with E-state index in [1.54, 1.807) is 0 Å². The van der Waals surface area contributed by atoms with Crippen molar-refractivity contribution in [2.24, 2.45) is 0 Å². The van der Waals surface area contributed by atoms with E-state index in [0.29, 0.717) is 17.5 Å². The van der Waals surface area contributed by atoms with Gasteiger partial charge in [0.1, 0.15) is 11.5 Å². The molecule has 1 aliphatic rings. The van der Waals surface area contributed by atoms with Gasteiger partial charge < -0.3 is 20.1 Å². The Labute approximate surface area is 124 Å². The van der Waals surface area contributed by atoms with Crippen LogP contribution in [0.25, 0.3) is 0 Å². The van der Waals surface area contributed by atoms with Gasteiger partial charge >= 0.3 is 5.97 Å². The average molecular weight is 294 g/mol. The number of hydrogen-bond donors (Lipinski definition) is 3. The maximum absolute atomic E-state index is 11.9. The second kappa shape index (κ2) is 6.80. The molecule has 0 spiro atoms. The van der Waals surface area contributed by atoms with Crippen molar-refractivity contribution in [3.63, 3.8) is 0 Å². The summed E-state index contributed by atoms with van der Waals surface area (Å²) in [4.78, 5) is 11.9. The number of benzene rings is 1. The van der Waals surface area contributed by atoms with Crippen molar-refractivity contribution in [3.8, 4) is 11.5 Å². The van der Waals surface area contributed by atoms with Crippen LogP contribution >= 0.6 is 0 Å². The van der Waals surface area contributed by atoms with Gasteiger partial charge in [-0.05, 0) is 37.8 Å². The van der Waals surface area contributed by atoms with Crippen LogP contribution in [0.3, 0.4) is 0 Å². The minimum absolute atomic E-state index is 0.0707. The van der Waals surface area contributed by atoms with Crippen LogP contribution < -0.4 is 0 Å². The Balaban J connectivity index is 2.34. The van der Waals surface area contributed by atoms with Crippen molar-refractivity contribution in [1.82, 2.24) is 0 Å². The Morgan fingerprint density at radius 1 is 1.14 bits per heavy atom. The first-order valence-electron chi connectivity index (χ1n) is 7.39. The van der Waals surface area contributed by atoms with Crippen LogP contribution in [0.15, 0.2) is 12.1 Å². The first-order valence-corrected chi connectivity index (χ1v) is 7.39. The molecule has 0 amide bonds. The van der Waals surface area contributed by atoms with E-state index >= 15 is 0 Å². The Morgan fingerprint density at radius 2 is 1.86 bits per heavy atom. The number of fused-ring (bicyclic) bond motifs is 1. The van der Waals surface area contributed by atoms with Gasteiger partial charge in [-0.15, -0.1) is 0 Å². The molecule has 0 saturated carbocycles. The predicted molar refractivity (Wildman–Crippen MR) is 77.1 cm³/mol. The molecule has 2 rings (SSSR count). The molecule has 1 aliphatic heterocycles. The van der Waals surface area contributed by atoms with Crippen LogP contribution in [-0.4, -0.2) is 27.4 Å². The molecular formula is C16H22O5. The highest BCUT2D eigenvalue weighted by atomic mass is 16.5. The number of carbonyl (C=O) groups is 1. The lowest BCUT2D eigenvalue weighted by molar-refractivity contribution is -0.147. The highest BCUT2D eigenvalue weighted by Gasteiger charge is 2.22. The molecular weight excluding hydrogens is 272 g/mol. The molecule has 0 aromatic heterocycles. The molecule has 1 unspecified atom stereocenters. The summed E-state index contributed by atoms with van der Waals surface area (Å²) in [6.45, 7) is 1.86. The van der Waals surface area contributed by atoms with E-state index in [1.807, 2.05) is 6.92 Å². The quantitative estimate of drug-likeness (QED) is 0.640. The summed E-state index contributed by atoms with van der Waals surface area (Å²) in [5, 5.41) is 29.8. The molecule has 116 valence electrons. The van der Waals surface area contributed by atoms with E-state index < -0.39 is 12.1 Å². The normalized spacial score (nSPS) is 24.4. The Bertz CT molecular complexity index is 512. The van der Waals surface area contributed by atoms with Crippen LogP contribution in [0.5, 0.6) is 11.5 Å². The summed E-state index contributed by atoms with van der Waals surface area (Å²) in [5.74, 6) is -0.733. The van der Waals surface area contributed by atoms with Crippen LogP contribution in [0.4, 0.5) is 0 Å². The molecule has 0 bridgehead atoms. The lowest BCUT2D eigenvalue weighted by Gasteiger charge is -2.20. The Morgan fingerprint density at radius 3 is 2.62 bits per heavy atom. The average Bonchev–Trinajstić information content (AvgIpc) is 2.35. The zero-order chi connectivity index (χ0) is 15.4. The van der Waals surface area contributed by atoms with E-state index in [0.717, 1.165) is 25.7 Å². The lowest BCUT2D eigenvalue weighted by Crippen LogP contribution is -2.18. The third-order valence-electron chi connectivity index (χ3n) is 3.82. The van der Waals surface area contributed by atoms with Crippen molar-refractivity contribution >= 4 is 5.97 Å². The third-order valence-corrected chi connectivity index (χ3v) is 3.82. The van der Waals surface area contributed by atoms with E-state index in [2.05, 4.69) is 0 Å². The van der Waals surface area contributed by atoms with Crippen LogP contribution in [0, 0.1) is 0 Å². The number of cyclic esters (lactones) is 1. The second-order valence-corrected chi connectivity index (χ2v) is 5.67. The smallest absolute Gasteiger partial charge is 0.310 e. The van der Waals surface area contributed by atoms with Gasteiger partial charge in [-0.25, -0.2) is 0 Å². The van der Waals surface area contributed by atoms with Crippen LogP contribution in [0.1, 0.15) is 56.3 Å². The van der Waals surface area contributed by atoms with Gasteiger partial charge in [0, 0.05) is 11.6 Å². The number of hydrogen-bond acceptors (Lipinski definition) is 5. The molecule has 21 heavy (non-hydrogen) atoms. The van der Waals surface area contributed by atoms with Crippen LogP contribution in [-0.2, 0) is 16.0 Å². The van der Waals surface area contributed by atoms with E-state index in [9.17, 15) is 20.1 Å². The summed E-state index contributed by atoms with van der Waals surface area (Å²) in [5.41, 5.74) is 0.732. The molecule has 2 atom stereocenters. The highest BCUT2D eigenvalue weighted by Crippen LogP contribution is 2.35. The number of aliphatic hydroxyl groups excluding tert-OH is 1. The molecule has 5 nitrogen and oxygen atoms in total. The van der Waals surface area contributed by atoms with Crippen LogP contribution in [0.2, 0.25) is 0 Å². The van der Waals surface area contributed by atoms with Gasteiger partial charge in [-0.1, -0.05) is 12.8 Å². The molecule has 1 aromatic rings. The number of phenolic OH excluding ortho intramolecular Hbond substituents is 2. The van der Waals surface area contributed by atoms with E-state index in [4.69, 9.17) is 4.74 Å². The topological polar surface area (TPSA) is 87.0 Å². The predicted octanol–water partition coefficient (Wildman–Crippen LogP) is 2.57. The van der Waals surface area contributed by atoms with Gasteiger partial charge in [-0.2, -0.15) is 0 Å². The number of aromatic hydroxyl groups is 2. The zero-order valence-corrected chi connectivity index (χ0v) is 12.2. The molecule has 3 N–H and O–H groups in total. The van der Waals surface area contributed by atoms with Crippen molar-refractivity contribution in [1.29, 1.82) is 0 Å². The fourth-order valence-corrected chi connectivity index (χ4v) is 2.78. The largest absolute Gasteiger partial charge is 0.508 e. The summed E-state index contributed by atoms with van der Waals surface area (Å²) in [6.07, 6.45) is 2.99. The molecule has 1 heterocycles. The minimum Gasteiger partial charge on any atom is -0.508 e. The minimum atomic E-state index is -0.842. The summed E-state index contributed by atoms with van der Waals surface area (Å²) in [7, 11) is 0. The lowest BCUT2D eigenvalue weighted by atomic mass is 9.94. The Hall–Kier alpha value is -1.75. The zero-order valence-electron chi connectivity index (χ0n) is 12.2. The number of aliphatic hydroxyl groups is 1. The summed E-state index contributed by atoms with van der Waals surface area (Å²) in [6, 6.07) is 2.58. The number of esters is 1. The fourth-order valence-electron chi connectivity index (χ4n) is 2.78. The van der Waals surface area contributed by atoms with Gasteiger partial charge in [0.15, 0.2) is 0 Å². The monoisotopic (exact) mass is 294 g/mol. The molecule has 0 aliphatic carbocycles. The van der Waals surface area contributed by atoms with Gasteiger partial charge in [0.05, 0.1) is 18.6 Å². The van der Waals surface area contributed by atoms with Gasteiger partial charge in [0.25, 0.3) is 0 Å².